The largest absolute Gasteiger partial charge is 0.416 e. The molecule has 616 valence electrons. The summed E-state index contributed by atoms with van der Waals surface area (Å²) in [6.07, 6.45) is -39.6. The van der Waals surface area contributed by atoms with Crippen LogP contribution in [0.2, 0.25) is 0 Å². The van der Waals surface area contributed by atoms with Gasteiger partial charge in [0.2, 0.25) is 0 Å². The second-order valence-corrected chi connectivity index (χ2v) is 28.6. The van der Waals surface area contributed by atoms with Crippen LogP contribution in [0.3, 0.4) is 0 Å². The fraction of sp³-hybridized carbons (Fsp3) is 0.429. The second-order valence-electron chi connectivity index (χ2n) is 28.6. The molecule has 0 spiro atoms. The van der Waals surface area contributed by atoms with Crippen LogP contribution in [0.15, 0.2) is 170 Å². The number of hydrogen-bond acceptors (Lipinski definition) is 0. The molecule has 0 aliphatic carbocycles. The topological polar surface area (TPSA) is 8.88 Å². The van der Waals surface area contributed by atoms with Gasteiger partial charge in [0.25, 0.3) is 0 Å². The van der Waals surface area contributed by atoms with Crippen LogP contribution in [0.5, 0.6) is 0 Å². The first kappa shape index (κ1) is 94.7. The first-order chi connectivity index (χ1) is 52.0. The van der Waals surface area contributed by atoms with Crippen LogP contribution in [0, 0.1) is 27.7 Å². The van der Waals surface area contributed by atoms with E-state index in [0.29, 0.717) is 0 Å². The van der Waals surface area contributed by atoms with Gasteiger partial charge in [-0.2, -0.15) is 149 Å². The molecule has 2 nitrogen and oxygen atoms in total. The first-order valence-corrected chi connectivity index (χ1v) is 37.4. The monoisotopic (exact) mass is 1610 g/mol. The quantitative estimate of drug-likeness (QED) is 0.0395. The van der Waals surface area contributed by atoms with Crippen LogP contribution < -0.4 is 53.5 Å². The molecule has 8 aromatic carbocycles. The average Bonchev–Trinajstić information content (AvgIpc) is 0.711. The van der Waals surface area contributed by atoms with Gasteiger partial charge in [0.05, 0.1) is 83.8 Å². The highest BCUT2D eigenvalue weighted by Crippen LogP contribution is 2.42. The molecule has 0 atom stereocenters. The Balaban J connectivity index is 0.000000332. The highest BCUT2D eigenvalue weighted by atomic mass is 19.4. The van der Waals surface area contributed by atoms with Crippen molar-refractivity contribution < 1.29 is 115 Å². The zero-order valence-electron chi connectivity index (χ0n) is 64.1. The van der Waals surface area contributed by atoms with Gasteiger partial charge < -0.3 is 9.80 Å². The van der Waals surface area contributed by atoms with Crippen molar-refractivity contribution in [3.63, 3.8) is 0 Å². The van der Waals surface area contributed by atoms with Gasteiger partial charge in [-0.15, -0.1) is 0 Å². The molecule has 0 aromatic heterocycles. The highest BCUT2D eigenvalue weighted by molar-refractivity contribution is 7.21. The third-order valence-corrected chi connectivity index (χ3v) is 20.4. The molecule has 0 fully saturated rings. The number of unbranched alkanes of at least 4 members (excludes halogenated alkanes) is 6. The van der Waals surface area contributed by atoms with Gasteiger partial charge in [0.15, 0.2) is 0 Å². The molecule has 0 bridgehead atoms. The molecule has 0 saturated carbocycles. The summed E-state index contributed by atoms with van der Waals surface area (Å²) in [5, 5.41) is 0. The Morgan fingerprint density at radius 2 is 0.357 bits per heavy atom. The molecule has 0 heterocycles. The number of rotatable bonds is 26. The number of hydrogen-bond donors (Lipinski definition) is 2. The summed E-state index contributed by atoms with van der Waals surface area (Å²) in [4.78, 5) is 3.68. The van der Waals surface area contributed by atoms with Gasteiger partial charge in [0.1, 0.15) is 12.3 Å². The van der Waals surface area contributed by atoms with Crippen LogP contribution in [0.25, 0.3) is 0 Å². The summed E-state index contributed by atoms with van der Waals surface area (Å²) in [5.41, 5.74) is -19.2. The smallest absolute Gasteiger partial charge is 0.335 e. The summed E-state index contributed by atoms with van der Waals surface area (Å²) in [7, 11) is 0. The predicted octanol–water partition coefficient (Wildman–Crippen LogP) is 20.1. The minimum atomic E-state index is -6.13. The molecule has 0 unspecified atom stereocenters. The molecule has 0 amide bonds. The van der Waals surface area contributed by atoms with E-state index >= 15 is 0 Å². The summed E-state index contributed by atoms with van der Waals surface area (Å²) >= 11 is 0. The van der Waals surface area contributed by atoms with Gasteiger partial charge in [-0.1, -0.05) is 248 Å². The van der Waals surface area contributed by atoms with E-state index in [1.807, 2.05) is 9.80 Å². The van der Waals surface area contributed by atoms with Crippen LogP contribution in [-0.2, 0) is 49.4 Å². The average molecular weight is 1610 g/mol. The van der Waals surface area contributed by atoms with Crippen LogP contribution >= 0.6 is 0 Å². The normalized spacial score (nSPS) is 12.8. The molecular weight excluding hydrogens is 1510 g/mol. The van der Waals surface area contributed by atoms with E-state index in [1.54, 1.807) is 0 Å². The maximum atomic E-state index is 14.2. The summed E-state index contributed by atoms with van der Waals surface area (Å²) in [5.74, 6) is 0. The standard InChI is InChI=1S/C32H12BF24.C28H28B.2C12H27N/c34-25(35,36)13-1-14(26(37,38)39)6-21(5-13)33(22-7-15(27(40,41)42)2-16(8-22)28(43,44)45,23-9-17(29(46,47)48)3-18(10-23)30(49,50)51)24-11-19(31(52,53)54)4-20(12-24)32(55,56)57;1-21-13-5-9-17-25(21)29(26-18-10-6-14-22(26)2,27-19-11-7-15-23(27)3)28-20-12-8-16-24(28)4;2*1-4-7-10-13(11-8-5-2)12-9-6-3/h1-12H;5-20H,1-4H3;2*4-12H2,1-3H3/q2*-1;;/p+2. The molecule has 0 aliphatic heterocycles. The Kier molecular flexibility index (Phi) is 33.8. The number of aryl methyl sites for hydroxylation is 4. The molecule has 28 heteroatoms. The molecular formula is C84H96B2F24N2. The van der Waals surface area contributed by atoms with Gasteiger partial charge in [-0.3, -0.25) is 0 Å². The fourth-order valence-electron chi connectivity index (χ4n) is 14.7. The Bertz CT molecular complexity index is 3570. The summed E-state index contributed by atoms with van der Waals surface area (Å²) in [6, 6.07) is 26.9. The lowest BCUT2D eigenvalue weighted by Crippen LogP contribution is -3.12. The van der Waals surface area contributed by atoms with E-state index < -0.39 is 201 Å². The second kappa shape index (κ2) is 39.9. The van der Waals surface area contributed by atoms with Gasteiger partial charge in [-0.25, -0.2) is 0 Å². The van der Waals surface area contributed by atoms with E-state index in [0.717, 1.165) is 0 Å². The Labute approximate surface area is 640 Å². The molecule has 2 N–H and O–H groups in total. The summed E-state index contributed by atoms with van der Waals surface area (Å²) < 4.78 is 341. The van der Waals surface area contributed by atoms with Crippen molar-refractivity contribution in [3.8, 4) is 0 Å². The van der Waals surface area contributed by atoms with Gasteiger partial charge >= 0.3 is 49.4 Å². The summed E-state index contributed by atoms with van der Waals surface area (Å²) in [6.45, 7) is 31.1. The Hall–Kier alpha value is -7.87. The van der Waals surface area contributed by atoms with Crippen LogP contribution in [0.1, 0.15) is 185 Å². The SMILES string of the molecule is CCCC[NH+](CCCC)CCCC.CCCC[NH+](CCCC)CCCC.Cc1ccccc1[B-](c1ccccc1C)(c1ccccc1C)c1ccccc1C.FC(F)(F)c1cc([B-](c2cc(C(F)(F)F)cc(C(F)(F)F)c2)(c2cc(C(F)(F)F)cc(C(F)(F)F)c2)c2cc(C(F)(F)F)cc(C(F)(F)F)c2)cc(C(F)(F)F)c1. The minimum absolute atomic E-state index is 0.691. The van der Waals surface area contributed by atoms with E-state index in [-0.39, 0.29) is 0 Å². The third-order valence-electron chi connectivity index (χ3n) is 20.4. The minimum Gasteiger partial charge on any atom is -0.335 e. The van der Waals surface area contributed by atoms with Crippen molar-refractivity contribution in [1.82, 2.24) is 0 Å². The van der Waals surface area contributed by atoms with Crippen molar-refractivity contribution in [2.75, 3.05) is 39.3 Å². The molecule has 0 aliphatic rings. The maximum Gasteiger partial charge on any atom is 0.416 e. The van der Waals surface area contributed by atoms with Crippen molar-refractivity contribution in [3.05, 3.63) is 237 Å². The number of benzene rings is 8. The number of quaternary nitrogens is 2. The first-order valence-electron chi connectivity index (χ1n) is 37.4. The number of alkyl halides is 24. The third kappa shape index (κ3) is 25.1. The lowest BCUT2D eigenvalue weighted by atomic mass is 9.11. The number of halogens is 24. The Morgan fingerprint density at radius 3 is 0.482 bits per heavy atom. The van der Waals surface area contributed by atoms with Crippen molar-refractivity contribution in [2.45, 2.75) is 196 Å². The van der Waals surface area contributed by atoms with E-state index in [1.165, 1.54) is 160 Å². The lowest BCUT2D eigenvalue weighted by Gasteiger charge is -2.48. The van der Waals surface area contributed by atoms with Crippen molar-refractivity contribution >= 4 is 56.0 Å². The van der Waals surface area contributed by atoms with E-state index in [4.69, 9.17) is 0 Å². The molecule has 0 radical (unpaired) electrons. The fourth-order valence-corrected chi connectivity index (χ4v) is 14.7. The lowest BCUT2D eigenvalue weighted by molar-refractivity contribution is -0.900. The number of nitrogens with one attached hydrogen (secondary N) is 2. The van der Waals surface area contributed by atoms with Gasteiger partial charge in [-0.05, 0) is 90.5 Å². The van der Waals surface area contributed by atoms with Crippen molar-refractivity contribution in [1.29, 1.82) is 0 Å². The zero-order chi connectivity index (χ0) is 84.2. The molecule has 8 aromatic rings. The molecule has 8 rings (SSSR count). The van der Waals surface area contributed by atoms with Crippen LogP contribution in [0.4, 0.5) is 105 Å². The van der Waals surface area contributed by atoms with Gasteiger partial charge in [0, 0.05) is 0 Å². The molecule has 0 saturated heterocycles. The van der Waals surface area contributed by atoms with E-state index in [9.17, 15) is 105 Å². The highest BCUT2D eigenvalue weighted by Gasteiger charge is 2.48. The predicted molar refractivity (Wildman–Crippen MR) is 400 cm³/mol. The van der Waals surface area contributed by atoms with Crippen LogP contribution in [-0.4, -0.2) is 51.6 Å². The van der Waals surface area contributed by atoms with Crippen molar-refractivity contribution in [2.24, 2.45) is 0 Å². The maximum absolute atomic E-state index is 14.2. The molecule has 112 heavy (non-hydrogen) atoms. The Morgan fingerprint density at radius 1 is 0.214 bits per heavy atom. The van der Waals surface area contributed by atoms with E-state index in [2.05, 4.69) is 166 Å². The zero-order valence-corrected chi connectivity index (χ0v) is 64.1.